The fourth-order valence-corrected chi connectivity index (χ4v) is 1.30. The van der Waals surface area contributed by atoms with Crippen molar-refractivity contribution < 1.29 is 14.3 Å². The van der Waals surface area contributed by atoms with Crippen LogP contribution in [0.1, 0.15) is 52.9 Å². The topological polar surface area (TPSA) is 55.4 Å². The molecule has 0 aromatic heterocycles. The summed E-state index contributed by atoms with van der Waals surface area (Å²) in [5.41, 5.74) is -0.491. The maximum Gasteiger partial charge on any atom is 0.407 e. The summed E-state index contributed by atoms with van der Waals surface area (Å²) in [5, 5.41) is 2.62. The number of hydrogen-bond acceptors (Lipinski definition) is 3. The number of hydrogen-bond donors (Lipinski definition) is 1. The third-order valence-electron chi connectivity index (χ3n) is 2.08. The van der Waals surface area contributed by atoms with E-state index >= 15 is 0 Å². The minimum absolute atomic E-state index is 0.191. The number of amides is 1. The fraction of sp³-hybridized carbons (Fsp3) is 0.714. The summed E-state index contributed by atoms with van der Waals surface area (Å²) in [4.78, 5) is 22.7. The van der Waals surface area contributed by atoms with Crippen LogP contribution in [-0.4, -0.2) is 24.0 Å². The fourth-order valence-electron chi connectivity index (χ4n) is 1.30. The standard InChI is InChI=1S/C14H23NO3/c1-5-6-7-9-12(16)10-8-11-15-13(17)18-14(2,3)4/h1H,6-11H2,2-4H3,(H,15,17). The molecule has 0 fully saturated rings. The molecule has 4 heteroatoms. The summed E-state index contributed by atoms with van der Waals surface area (Å²) in [6.07, 6.45) is 7.67. The van der Waals surface area contributed by atoms with Gasteiger partial charge in [-0.3, -0.25) is 4.79 Å². The summed E-state index contributed by atoms with van der Waals surface area (Å²) in [5.74, 6) is 2.69. The molecular weight excluding hydrogens is 230 g/mol. The number of unbranched alkanes of at least 4 members (excludes halogenated alkanes) is 1. The molecule has 1 amide bonds. The van der Waals surface area contributed by atoms with Crippen LogP contribution in [0.15, 0.2) is 0 Å². The molecule has 0 aromatic carbocycles. The average molecular weight is 253 g/mol. The molecule has 102 valence electrons. The number of rotatable bonds is 7. The van der Waals surface area contributed by atoms with E-state index in [0.29, 0.717) is 32.2 Å². The van der Waals surface area contributed by atoms with Gasteiger partial charge in [-0.15, -0.1) is 12.3 Å². The Morgan fingerprint density at radius 3 is 2.39 bits per heavy atom. The van der Waals surface area contributed by atoms with E-state index in [1.165, 1.54) is 0 Å². The Bertz CT molecular complexity index is 310. The van der Waals surface area contributed by atoms with Gasteiger partial charge in [-0.2, -0.15) is 0 Å². The van der Waals surface area contributed by atoms with Crippen LogP contribution in [-0.2, 0) is 9.53 Å². The number of ketones is 1. The molecule has 0 heterocycles. The predicted molar refractivity (Wildman–Crippen MR) is 71.2 cm³/mol. The van der Waals surface area contributed by atoms with E-state index in [9.17, 15) is 9.59 Å². The van der Waals surface area contributed by atoms with Gasteiger partial charge >= 0.3 is 6.09 Å². The van der Waals surface area contributed by atoms with Gasteiger partial charge in [0.2, 0.25) is 0 Å². The van der Waals surface area contributed by atoms with Crippen molar-refractivity contribution >= 4 is 11.9 Å². The summed E-state index contributed by atoms with van der Waals surface area (Å²) in [6.45, 7) is 5.88. The number of Topliss-reactive ketones (excluding diaryl/α,β-unsaturated/α-hetero) is 1. The Kier molecular flexibility index (Phi) is 7.86. The Morgan fingerprint density at radius 2 is 1.83 bits per heavy atom. The van der Waals surface area contributed by atoms with Gasteiger partial charge in [0.1, 0.15) is 11.4 Å². The molecule has 0 saturated heterocycles. The Balaban J connectivity index is 3.53. The van der Waals surface area contributed by atoms with Crippen LogP contribution < -0.4 is 5.32 Å². The van der Waals surface area contributed by atoms with E-state index in [1.54, 1.807) is 0 Å². The third-order valence-corrected chi connectivity index (χ3v) is 2.08. The quantitative estimate of drug-likeness (QED) is 0.560. The second-order valence-electron chi connectivity index (χ2n) is 5.13. The largest absolute Gasteiger partial charge is 0.444 e. The van der Waals surface area contributed by atoms with E-state index in [0.717, 1.165) is 6.42 Å². The molecule has 18 heavy (non-hydrogen) atoms. The number of carbonyl (C=O) groups excluding carboxylic acids is 2. The van der Waals surface area contributed by atoms with Gasteiger partial charge in [-0.25, -0.2) is 4.79 Å². The number of terminal acetylenes is 1. The Labute approximate surface area is 109 Å². The maximum atomic E-state index is 11.4. The first-order valence-electron chi connectivity index (χ1n) is 6.27. The Morgan fingerprint density at radius 1 is 1.22 bits per heavy atom. The lowest BCUT2D eigenvalue weighted by molar-refractivity contribution is -0.119. The van der Waals surface area contributed by atoms with E-state index < -0.39 is 11.7 Å². The normalized spacial score (nSPS) is 10.6. The molecule has 0 aromatic rings. The highest BCUT2D eigenvalue weighted by atomic mass is 16.6. The van der Waals surface area contributed by atoms with Gasteiger partial charge in [0.15, 0.2) is 0 Å². The Hall–Kier alpha value is -1.50. The minimum atomic E-state index is -0.491. The lowest BCUT2D eigenvalue weighted by Crippen LogP contribution is -2.33. The first kappa shape index (κ1) is 16.5. The molecule has 0 aliphatic carbocycles. The molecule has 4 nitrogen and oxygen atoms in total. The van der Waals surface area contributed by atoms with Crippen LogP contribution in [0.5, 0.6) is 0 Å². The SMILES string of the molecule is C#CCCCC(=O)CCCNC(=O)OC(C)(C)C. The smallest absolute Gasteiger partial charge is 0.407 e. The monoisotopic (exact) mass is 253 g/mol. The average Bonchev–Trinajstić information content (AvgIpc) is 2.22. The lowest BCUT2D eigenvalue weighted by atomic mass is 10.1. The van der Waals surface area contributed by atoms with E-state index in [4.69, 9.17) is 11.2 Å². The number of alkyl carbamates (subject to hydrolysis) is 1. The molecule has 0 radical (unpaired) electrons. The van der Waals surface area contributed by atoms with Crippen molar-refractivity contribution in [2.45, 2.75) is 58.5 Å². The summed E-state index contributed by atoms with van der Waals surface area (Å²) in [7, 11) is 0. The molecule has 0 atom stereocenters. The number of nitrogens with one attached hydrogen (secondary N) is 1. The molecule has 0 aliphatic rings. The molecule has 1 N–H and O–H groups in total. The van der Waals surface area contributed by atoms with Gasteiger partial charge in [-0.1, -0.05) is 0 Å². The highest BCUT2D eigenvalue weighted by Gasteiger charge is 2.15. The van der Waals surface area contributed by atoms with E-state index in [-0.39, 0.29) is 5.78 Å². The van der Waals surface area contributed by atoms with Gasteiger partial charge in [0.25, 0.3) is 0 Å². The van der Waals surface area contributed by atoms with Crippen molar-refractivity contribution in [3.05, 3.63) is 0 Å². The molecule has 0 unspecified atom stereocenters. The maximum absolute atomic E-state index is 11.4. The lowest BCUT2D eigenvalue weighted by Gasteiger charge is -2.19. The predicted octanol–water partition coefficient (Wildman–Crippen LogP) is 2.66. The van der Waals surface area contributed by atoms with Gasteiger partial charge < -0.3 is 10.1 Å². The first-order valence-corrected chi connectivity index (χ1v) is 6.27. The van der Waals surface area contributed by atoms with Crippen molar-refractivity contribution in [2.24, 2.45) is 0 Å². The second-order valence-corrected chi connectivity index (χ2v) is 5.13. The summed E-state index contributed by atoms with van der Waals surface area (Å²) < 4.78 is 5.07. The zero-order valence-corrected chi connectivity index (χ0v) is 11.5. The van der Waals surface area contributed by atoms with Gasteiger partial charge in [-0.05, 0) is 33.6 Å². The van der Waals surface area contributed by atoms with Crippen molar-refractivity contribution in [3.63, 3.8) is 0 Å². The molecule has 0 spiro atoms. The van der Waals surface area contributed by atoms with Crippen molar-refractivity contribution in [1.29, 1.82) is 0 Å². The summed E-state index contributed by atoms with van der Waals surface area (Å²) >= 11 is 0. The number of ether oxygens (including phenoxy) is 1. The van der Waals surface area contributed by atoms with Crippen LogP contribution in [0, 0.1) is 12.3 Å². The number of carbonyl (C=O) groups is 2. The minimum Gasteiger partial charge on any atom is -0.444 e. The van der Waals surface area contributed by atoms with Crippen molar-refractivity contribution in [1.82, 2.24) is 5.32 Å². The van der Waals surface area contributed by atoms with E-state index in [1.807, 2.05) is 20.8 Å². The van der Waals surface area contributed by atoms with Crippen LogP contribution in [0.25, 0.3) is 0 Å². The van der Waals surface area contributed by atoms with Crippen molar-refractivity contribution in [2.75, 3.05) is 6.54 Å². The highest BCUT2D eigenvalue weighted by Crippen LogP contribution is 2.06. The third kappa shape index (κ3) is 11.0. The van der Waals surface area contributed by atoms with Crippen molar-refractivity contribution in [3.8, 4) is 12.3 Å². The molecule has 0 bridgehead atoms. The molecule has 0 rings (SSSR count). The second kappa shape index (κ2) is 8.57. The van der Waals surface area contributed by atoms with Gasteiger partial charge in [0.05, 0.1) is 0 Å². The molecular formula is C14H23NO3. The molecule has 0 aliphatic heterocycles. The van der Waals surface area contributed by atoms with Crippen LogP contribution in [0.3, 0.4) is 0 Å². The highest BCUT2D eigenvalue weighted by molar-refractivity contribution is 5.78. The van der Waals surface area contributed by atoms with Crippen LogP contribution >= 0.6 is 0 Å². The zero-order chi connectivity index (χ0) is 14.0. The first-order chi connectivity index (χ1) is 8.35. The van der Waals surface area contributed by atoms with Crippen LogP contribution in [0.2, 0.25) is 0 Å². The van der Waals surface area contributed by atoms with Gasteiger partial charge in [0, 0.05) is 25.8 Å². The summed E-state index contributed by atoms with van der Waals surface area (Å²) in [6, 6.07) is 0. The zero-order valence-electron chi connectivity index (χ0n) is 11.5. The molecule has 0 saturated carbocycles. The van der Waals surface area contributed by atoms with Crippen LogP contribution in [0.4, 0.5) is 4.79 Å². The van der Waals surface area contributed by atoms with E-state index in [2.05, 4.69) is 11.2 Å².